The summed E-state index contributed by atoms with van der Waals surface area (Å²) in [4.78, 5) is 0. The first-order valence-corrected chi connectivity index (χ1v) is 5.82. The summed E-state index contributed by atoms with van der Waals surface area (Å²) < 4.78 is 0. The predicted octanol–water partition coefficient (Wildman–Crippen LogP) is 4.27. The first-order chi connectivity index (χ1) is 6.11. The third-order valence-electron chi connectivity index (χ3n) is 3.66. The predicted molar refractivity (Wildman–Crippen MR) is 59.6 cm³/mol. The maximum absolute atomic E-state index is 2.56. The van der Waals surface area contributed by atoms with Crippen molar-refractivity contribution in [3.63, 3.8) is 0 Å². The van der Waals surface area contributed by atoms with E-state index in [9.17, 15) is 0 Å². The van der Waals surface area contributed by atoms with E-state index in [0.29, 0.717) is 0 Å². The zero-order valence-electron chi connectivity index (χ0n) is 9.80. The van der Waals surface area contributed by atoms with E-state index in [4.69, 9.17) is 0 Å². The van der Waals surface area contributed by atoms with E-state index < -0.39 is 0 Å². The highest BCUT2D eigenvalue weighted by molar-refractivity contribution is 5.14. The van der Waals surface area contributed by atoms with Crippen LogP contribution in [0.2, 0.25) is 0 Å². The van der Waals surface area contributed by atoms with Crippen LogP contribution in [-0.4, -0.2) is 0 Å². The molecule has 0 N–H and O–H groups in total. The molecule has 1 aliphatic rings. The van der Waals surface area contributed by atoms with Crippen molar-refractivity contribution in [2.75, 3.05) is 0 Å². The second-order valence-corrected chi connectivity index (χ2v) is 4.76. The van der Waals surface area contributed by atoms with Gasteiger partial charge < -0.3 is 0 Å². The fraction of sp³-hybridized carbons (Fsp3) is 0.846. The van der Waals surface area contributed by atoms with Crippen molar-refractivity contribution in [3.8, 4) is 0 Å². The van der Waals surface area contributed by atoms with Crippen LogP contribution in [0.4, 0.5) is 0 Å². The van der Waals surface area contributed by atoms with Gasteiger partial charge in [-0.1, -0.05) is 52.7 Å². The molecule has 0 aromatic rings. The zero-order valence-corrected chi connectivity index (χ0v) is 9.80. The van der Waals surface area contributed by atoms with Crippen LogP contribution in [0, 0.1) is 23.7 Å². The van der Waals surface area contributed by atoms with Crippen molar-refractivity contribution >= 4 is 0 Å². The van der Waals surface area contributed by atoms with Gasteiger partial charge in [0.2, 0.25) is 0 Å². The highest BCUT2D eigenvalue weighted by Crippen LogP contribution is 2.49. The molecule has 0 saturated heterocycles. The molecular weight excluding hydrogens is 156 g/mol. The van der Waals surface area contributed by atoms with Crippen LogP contribution in [0.25, 0.3) is 0 Å². The molecule has 0 radical (unpaired) electrons. The Morgan fingerprint density at radius 3 is 2.23 bits per heavy atom. The van der Waals surface area contributed by atoms with Crippen molar-refractivity contribution in [3.05, 3.63) is 11.6 Å². The molecule has 0 aromatic carbocycles. The van der Waals surface area contributed by atoms with Gasteiger partial charge in [-0.2, -0.15) is 0 Å². The van der Waals surface area contributed by atoms with Gasteiger partial charge in [-0.3, -0.25) is 0 Å². The summed E-state index contributed by atoms with van der Waals surface area (Å²) in [7, 11) is 0. The molecule has 0 heteroatoms. The Morgan fingerprint density at radius 2 is 1.92 bits per heavy atom. The fourth-order valence-electron chi connectivity index (χ4n) is 2.46. The molecule has 13 heavy (non-hydrogen) atoms. The van der Waals surface area contributed by atoms with Crippen molar-refractivity contribution in [1.29, 1.82) is 0 Å². The van der Waals surface area contributed by atoms with Crippen LogP contribution in [0.15, 0.2) is 11.6 Å². The molecule has 0 bridgehead atoms. The second kappa shape index (κ2) is 4.30. The standard InChI is InChI=1S/C13H24/c1-6-11(9(3)4)8-13-10(5)12(13)7-2/h8-10,12-13H,6-7H2,1-5H3. The van der Waals surface area contributed by atoms with Gasteiger partial charge >= 0.3 is 0 Å². The van der Waals surface area contributed by atoms with E-state index >= 15 is 0 Å². The molecule has 0 heterocycles. The fourth-order valence-corrected chi connectivity index (χ4v) is 2.46. The monoisotopic (exact) mass is 180 g/mol. The lowest BCUT2D eigenvalue weighted by Crippen LogP contribution is -1.93. The summed E-state index contributed by atoms with van der Waals surface area (Å²) >= 11 is 0. The Bertz CT molecular complexity index is 188. The lowest BCUT2D eigenvalue weighted by Gasteiger charge is -2.08. The maximum Gasteiger partial charge on any atom is -0.0171 e. The van der Waals surface area contributed by atoms with E-state index in [1.54, 1.807) is 5.57 Å². The number of rotatable bonds is 4. The lowest BCUT2D eigenvalue weighted by molar-refractivity contribution is 0.700. The van der Waals surface area contributed by atoms with Gasteiger partial charge in [0.15, 0.2) is 0 Å². The minimum Gasteiger partial charge on any atom is -0.0814 e. The summed E-state index contributed by atoms with van der Waals surface area (Å²) in [5.74, 6) is 3.59. The molecule has 3 atom stereocenters. The molecule has 1 aliphatic carbocycles. The Morgan fingerprint density at radius 1 is 1.31 bits per heavy atom. The van der Waals surface area contributed by atoms with E-state index in [1.807, 2.05) is 0 Å². The molecule has 3 unspecified atom stereocenters. The summed E-state index contributed by atoms with van der Waals surface area (Å²) in [5.41, 5.74) is 1.66. The summed E-state index contributed by atoms with van der Waals surface area (Å²) in [6.07, 6.45) is 5.15. The van der Waals surface area contributed by atoms with Gasteiger partial charge in [0.05, 0.1) is 0 Å². The molecule has 1 saturated carbocycles. The highest BCUT2D eigenvalue weighted by atomic mass is 14.5. The summed E-state index contributed by atoms with van der Waals surface area (Å²) in [5, 5.41) is 0. The van der Waals surface area contributed by atoms with Crippen LogP contribution < -0.4 is 0 Å². The van der Waals surface area contributed by atoms with Gasteiger partial charge in [-0.25, -0.2) is 0 Å². The molecule has 76 valence electrons. The lowest BCUT2D eigenvalue weighted by atomic mass is 9.98. The molecule has 0 amide bonds. The number of allylic oxidation sites excluding steroid dienone is 2. The Hall–Kier alpha value is -0.260. The van der Waals surface area contributed by atoms with Crippen molar-refractivity contribution in [2.24, 2.45) is 23.7 Å². The molecule has 0 nitrogen and oxygen atoms in total. The Balaban J connectivity index is 2.55. The summed E-state index contributed by atoms with van der Waals surface area (Å²) in [6.45, 7) is 11.6. The Labute approximate surface area is 83.4 Å². The minimum atomic E-state index is 0.746. The van der Waals surface area contributed by atoms with Gasteiger partial charge in [-0.15, -0.1) is 0 Å². The van der Waals surface area contributed by atoms with Crippen LogP contribution in [0.5, 0.6) is 0 Å². The average molecular weight is 180 g/mol. The third-order valence-corrected chi connectivity index (χ3v) is 3.66. The van der Waals surface area contributed by atoms with Crippen LogP contribution >= 0.6 is 0 Å². The third kappa shape index (κ3) is 2.36. The van der Waals surface area contributed by atoms with E-state index in [2.05, 4.69) is 40.7 Å². The zero-order chi connectivity index (χ0) is 10.0. The van der Waals surface area contributed by atoms with E-state index in [0.717, 1.165) is 23.7 Å². The highest BCUT2D eigenvalue weighted by Gasteiger charge is 2.43. The normalized spacial score (nSPS) is 34.0. The molecular formula is C13H24. The maximum atomic E-state index is 2.56. The second-order valence-electron chi connectivity index (χ2n) is 4.76. The molecule has 0 aliphatic heterocycles. The van der Waals surface area contributed by atoms with Crippen LogP contribution in [-0.2, 0) is 0 Å². The first-order valence-electron chi connectivity index (χ1n) is 5.82. The van der Waals surface area contributed by atoms with Gasteiger partial charge in [0.1, 0.15) is 0 Å². The SMILES string of the molecule is CCC(=CC1C(C)C1CC)C(C)C. The minimum absolute atomic E-state index is 0.746. The van der Waals surface area contributed by atoms with Gasteiger partial charge in [0, 0.05) is 0 Å². The molecule has 0 aromatic heterocycles. The van der Waals surface area contributed by atoms with Gasteiger partial charge in [-0.05, 0) is 30.1 Å². The van der Waals surface area contributed by atoms with Gasteiger partial charge in [0.25, 0.3) is 0 Å². The number of hydrogen-bond acceptors (Lipinski definition) is 0. The van der Waals surface area contributed by atoms with Crippen molar-refractivity contribution in [1.82, 2.24) is 0 Å². The topological polar surface area (TPSA) is 0 Å². The molecule has 1 fully saturated rings. The van der Waals surface area contributed by atoms with Crippen LogP contribution in [0.3, 0.4) is 0 Å². The average Bonchev–Trinajstić information content (AvgIpc) is 2.71. The van der Waals surface area contributed by atoms with Crippen molar-refractivity contribution in [2.45, 2.75) is 47.5 Å². The first kappa shape index (κ1) is 10.8. The molecule has 0 spiro atoms. The quantitative estimate of drug-likeness (QED) is 0.567. The Kier molecular flexibility index (Phi) is 3.58. The smallest absolute Gasteiger partial charge is 0.0171 e. The largest absolute Gasteiger partial charge is 0.0814 e. The van der Waals surface area contributed by atoms with E-state index in [-0.39, 0.29) is 0 Å². The molecule has 1 rings (SSSR count). The van der Waals surface area contributed by atoms with E-state index in [1.165, 1.54) is 12.8 Å². The number of hydrogen-bond donors (Lipinski definition) is 0. The van der Waals surface area contributed by atoms with Crippen LogP contribution in [0.1, 0.15) is 47.5 Å². The van der Waals surface area contributed by atoms with Crippen molar-refractivity contribution < 1.29 is 0 Å². The summed E-state index contributed by atoms with van der Waals surface area (Å²) in [6, 6.07) is 0.